The Morgan fingerprint density at radius 1 is 1.43 bits per heavy atom. The second-order valence-corrected chi connectivity index (χ2v) is 8.07. The van der Waals surface area contributed by atoms with Gasteiger partial charge in [-0.15, -0.1) is 0 Å². The number of amides is 1. The molecule has 1 atom stereocenters. The van der Waals surface area contributed by atoms with Gasteiger partial charge in [0.15, 0.2) is 9.84 Å². The summed E-state index contributed by atoms with van der Waals surface area (Å²) in [6.07, 6.45) is 4.87. The predicted octanol–water partition coefficient (Wildman–Crippen LogP) is 0.512. The number of aromatic nitrogens is 3. The van der Waals surface area contributed by atoms with Crippen molar-refractivity contribution in [3.63, 3.8) is 0 Å². The van der Waals surface area contributed by atoms with Crippen molar-refractivity contribution in [2.45, 2.75) is 32.7 Å². The number of likely N-dealkylation sites (tertiary alicyclic amines) is 1. The molecule has 0 aromatic carbocycles. The highest BCUT2D eigenvalue weighted by Crippen LogP contribution is 2.20. The summed E-state index contributed by atoms with van der Waals surface area (Å²) in [5.74, 6) is -0.610. The van der Waals surface area contributed by atoms with E-state index in [9.17, 15) is 13.2 Å². The van der Waals surface area contributed by atoms with Crippen molar-refractivity contribution < 1.29 is 13.2 Å². The standard InChI is InChI=1S/C13H22N4O3S/c1-11(2)7-21(19,20)8-13(18)16-5-3-4-12(6-16)17-10-14-9-15-17/h9-12H,3-8H2,1-2H3. The molecular weight excluding hydrogens is 292 g/mol. The summed E-state index contributed by atoms with van der Waals surface area (Å²) in [4.78, 5) is 17.8. The summed E-state index contributed by atoms with van der Waals surface area (Å²) in [6, 6.07) is 0.0815. The lowest BCUT2D eigenvalue weighted by Gasteiger charge is -2.32. The van der Waals surface area contributed by atoms with Crippen LogP contribution in [0.2, 0.25) is 0 Å². The topological polar surface area (TPSA) is 85.2 Å². The highest BCUT2D eigenvalue weighted by molar-refractivity contribution is 7.92. The first kappa shape index (κ1) is 15.9. The monoisotopic (exact) mass is 314 g/mol. The van der Waals surface area contributed by atoms with Crippen LogP contribution in [-0.2, 0) is 14.6 Å². The van der Waals surface area contributed by atoms with E-state index in [1.54, 1.807) is 15.9 Å². The summed E-state index contributed by atoms with van der Waals surface area (Å²) in [5, 5.41) is 4.10. The molecule has 1 amide bonds. The first-order chi connectivity index (χ1) is 9.87. The average molecular weight is 314 g/mol. The molecule has 1 aliphatic rings. The Balaban J connectivity index is 1.96. The van der Waals surface area contributed by atoms with E-state index in [1.807, 2.05) is 13.8 Å². The first-order valence-corrected chi connectivity index (χ1v) is 9.02. The fourth-order valence-electron chi connectivity index (χ4n) is 2.65. The Morgan fingerprint density at radius 3 is 2.81 bits per heavy atom. The van der Waals surface area contributed by atoms with Gasteiger partial charge in [-0.2, -0.15) is 5.10 Å². The Hall–Kier alpha value is -1.44. The molecule has 0 radical (unpaired) electrons. The third kappa shape index (κ3) is 4.52. The lowest BCUT2D eigenvalue weighted by atomic mass is 10.1. The third-order valence-corrected chi connectivity index (χ3v) is 5.35. The smallest absolute Gasteiger partial charge is 0.237 e. The Kier molecular flexibility index (Phi) is 4.97. The molecule has 2 rings (SSSR count). The van der Waals surface area contributed by atoms with Crippen molar-refractivity contribution in [1.82, 2.24) is 19.7 Å². The summed E-state index contributed by atoms with van der Waals surface area (Å²) in [5.41, 5.74) is 0. The van der Waals surface area contributed by atoms with E-state index >= 15 is 0 Å². The molecular formula is C13H22N4O3S. The van der Waals surface area contributed by atoms with Crippen molar-refractivity contribution in [2.24, 2.45) is 5.92 Å². The summed E-state index contributed by atoms with van der Waals surface area (Å²) in [7, 11) is -3.33. The van der Waals surface area contributed by atoms with Gasteiger partial charge >= 0.3 is 0 Å². The first-order valence-electron chi connectivity index (χ1n) is 7.19. The molecule has 1 saturated heterocycles. The van der Waals surface area contributed by atoms with E-state index in [0.717, 1.165) is 12.8 Å². The molecule has 7 nitrogen and oxygen atoms in total. The number of nitrogens with zero attached hydrogens (tertiary/aromatic N) is 4. The number of rotatable bonds is 5. The van der Waals surface area contributed by atoms with Gasteiger partial charge in [0.05, 0.1) is 11.8 Å². The number of carbonyl (C=O) groups excluding carboxylic acids is 1. The highest BCUT2D eigenvalue weighted by Gasteiger charge is 2.28. The van der Waals surface area contributed by atoms with Gasteiger partial charge in [-0.25, -0.2) is 18.1 Å². The SMILES string of the molecule is CC(C)CS(=O)(=O)CC(=O)N1CCCC(n2cncn2)C1. The third-order valence-electron chi connectivity index (χ3n) is 3.49. The number of carbonyl (C=O) groups is 1. The largest absolute Gasteiger partial charge is 0.340 e. The Bertz CT molecular complexity index is 568. The van der Waals surface area contributed by atoms with Gasteiger partial charge in [-0.05, 0) is 18.8 Å². The molecule has 0 spiro atoms. The van der Waals surface area contributed by atoms with Crippen molar-refractivity contribution >= 4 is 15.7 Å². The minimum absolute atomic E-state index is 0.0343. The molecule has 1 aromatic rings. The summed E-state index contributed by atoms with van der Waals surface area (Å²) >= 11 is 0. The van der Waals surface area contributed by atoms with Crippen LogP contribution in [0.25, 0.3) is 0 Å². The lowest BCUT2D eigenvalue weighted by Crippen LogP contribution is -2.43. The van der Waals surface area contributed by atoms with E-state index in [1.165, 1.54) is 6.33 Å². The fourth-order valence-corrected chi connectivity index (χ4v) is 4.34. The zero-order chi connectivity index (χ0) is 15.5. The fraction of sp³-hybridized carbons (Fsp3) is 0.769. The van der Waals surface area contributed by atoms with Gasteiger partial charge in [0, 0.05) is 13.1 Å². The number of hydrogen-bond acceptors (Lipinski definition) is 5. The van der Waals surface area contributed by atoms with Crippen molar-refractivity contribution in [1.29, 1.82) is 0 Å². The zero-order valence-electron chi connectivity index (χ0n) is 12.5. The highest BCUT2D eigenvalue weighted by atomic mass is 32.2. The molecule has 1 fully saturated rings. The van der Waals surface area contributed by atoms with Gasteiger partial charge in [0.25, 0.3) is 0 Å². The molecule has 118 valence electrons. The normalized spacial score (nSPS) is 20.0. The number of piperidine rings is 1. The van der Waals surface area contributed by atoms with Crippen LogP contribution >= 0.6 is 0 Å². The quantitative estimate of drug-likeness (QED) is 0.790. The second-order valence-electron chi connectivity index (χ2n) is 5.96. The van der Waals surface area contributed by atoms with E-state index < -0.39 is 15.6 Å². The second kappa shape index (κ2) is 6.55. The van der Waals surface area contributed by atoms with Crippen LogP contribution in [-0.4, -0.2) is 58.6 Å². The van der Waals surface area contributed by atoms with Gasteiger partial charge in [0.1, 0.15) is 18.4 Å². The van der Waals surface area contributed by atoms with Crippen LogP contribution in [0, 0.1) is 5.92 Å². The zero-order valence-corrected chi connectivity index (χ0v) is 13.3. The molecule has 0 N–H and O–H groups in total. The lowest BCUT2D eigenvalue weighted by molar-refractivity contribution is -0.130. The van der Waals surface area contributed by atoms with Crippen LogP contribution < -0.4 is 0 Å². The van der Waals surface area contributed by atoms with Crippen molar-refractivity contribution in [2.75, 3.05) is 24.6 Å². The van der Waals surface area contributed by atoms with Crippen LogP contribution in [0.3, 0.4) is 0 Å². The molecule has 1 aliphatic heterocycles. The number of hydrogen-bond donors (Lipinski definition) is 0. The maximum Gasteiger partial charge on any atom is 0.237 e. The maximum atomic E-state index is 12.2. The molecule has 0 bridgehead atoms. The molecule has 0 aliphatic carbocycles. The molecule has 21 heavy (non-hydrogen) atoms. The van der Waals surface area contributed by atoms with E-state index in [0.29, 0.717) is 13.1 Å². The Labute approximate surface area is 125 Å². The molecule has 1 aromatic heterocycles. The van der Waals surface area contributed by atoms with Crippen LogP contribution in [0.15, 0.2) is 12.7 Å². The molecule has 0 saturated carbocycles. The molecule has 8 heteroatoms. The van der Waals surface area contributed by atoms with Crippen LogP contribution in [0.4, 0.5) is 0 Å². The minimum Gasteiger partial charge on any atom is -0.340 e. The Morgan fingerprint density at radius 2 is 2.19 bits per heavy atom. The maximum absolute atomic E-state index is 12.2. The minimum atomic E-state index is -3.33. The summed E-state index contributed by atoms with van der Waals surface area (Å²) < 4.78 is 25.6. The van der Waals surface area contributed by atoms with Crippen molar-refractivity contribution in [3.8, 4) is 0 Å². The predicted molar refractivity (Wildman–Crippen MR) is 78.4 cm³/mol. The van der Waals surface area contributed by atoms with Gasteiger partial charge in [0.2, 0.25) is 5.91 Å². The number of sulfone groups is 1. The van der Waals surface area contributed by atoms with E-state index in [-0.39, 0.29) is 23.6 Å². The van der Waals surface area contributed by atoms with E-state index in [4.69, 9.17) is 0 Å². The average Bonchev–Trinajstić information content (AvgIpc) is 2.90. The van der Waals surface area contributed by atoms with E-state index in [2.05, 4.69) is 10.1 Å². The molecule has 2 heterocycles. The van der Waals surface area contributed by atoms with Crippen molar-refractivity contribution in [3.05, 3.63) is 12.7 Å². The van der Waals surface area contributed by atoms with Gasteiger partial charge in [-0.1, -0.05) is 13.8 Å². The van der Waals surface area contributed by atoms with Gasteiger partial charge in [-0.3, -0.25) is 4.79 Å². The summed E-state index contributed by atoms with van der Waals surface area (Å²) in [6.45, 7) is 4.79. The van der Waals surface area contributed by atoms with Gasteiger partial charge < -0.3 is 4.90 Å². The van der Waals surface area contributed by atoms with Crippen LogP contribution in [0.1, 0.15) is 32.7 Å². The van der Waals surface area contributed by atoms with Crippen LogP contribution in [0.5, 0.6) is 0 Å². The molecule has 1 unspecified atom stereocenters.